The maximum atomic E-state index is 12.0. The largest absolute Gasteiger partial charge is 0.368 e. The van der Waals surface area contributed by atoms with E-state index in [2.05, 4.69) is 10.3 Å². The Labute approximate surface area is 170 Å². The molecule has 148 valence electrons. The molecule has 29 heavy (non-hydrogen) atoms. The van der Waals surface area contributed by atoms with Crippen LogP contribution in [0.1, 0.15) is 15.3 Å². The Morgan fingerprint density at radius 1 is 1.00 bits per heavy atom. The number of rotatable bonds is 6. The first-order valence-corrected chi connectivity index (χ1v) is 9.60. The molecule has 0 aliphatic rings. The molecule has 6 heteroatoms. The minimum atomic E-state index is -0.535. The number of hydrogen-bond donors (Lipinski definition) is 3. The van der Waals surface area contributed by atoms with Gasteiger partial charge in [-0.1, -0.05) is 74.5 Å². The normalized spacial score (nSPS) is 12.2. The van der Waals surface area contributed by atoms with Crippen molar-refractivity contribution in [2.45, 2.75) is 19.9 Å². The van der Waals surface area contributed by atoms with Crippen molar-refractivity contribution in [1.82, 2.24) is 15.0 Å². The summed E-state index contributed by atoms with van der Waals surface area (Å²) >= 11 is 0. The maximum Gasteiger partial charge on any atom is 0.240 e. The fourth-order valence-corrected chi connectivity index (χ4v) is 3.32. The monoisotopic (exact) mass is 387 g/mol. The summed E-state index contributed by atoms with van der Waals surface area (Å²) in [6.45, 7) is 3.90. The molecule has 1 atom stereocenters. The molecule has 2 aromatic heterocycles. The number of fused-ring (bicyclic) bond motifs is 1. The van der Waals surface area contributed by atoms with Crippen LogP contribution in [-0.2, 0) is 4.79 Å². The third kappa shape index (κ3) is 3.82. The summed E-state index contributed by atoms with van der Waals surface area (Å²) in [4.78, 5) is 24.8. The van der Waals surface area contributed by atoms with Gasteiger partial charge in [0.15, 0.2) is 5.82 Å². The molecular weight excluding hydrogens is 362 g/mol. The molecule has 2 aromatic carbocycles. The Bertz CT molecular complexity index is 1140. The second kappa shape index (κ2) is 7.75. The van der Waals surface area contributed by atoms with Gasteiger partial charge < -0.3 is 16.0 Å². The zero-order chi connectivity index (χ0) is 20.4. The molecule has 4 aromatic rings. The Morgan fingerprint density at radius 2 is 1.62 bits per heavy atom. The second-order valence-electron chi connectivity index (χ2n) is 7.34. The first kappa shape index (κ1) is 18.7. The van der Waals surface area contributed by atoms with Crippen LogP contribution in [0.15, 0.2) is 66.7 Å². The number of nitrogens with zero attached hydrogens (tertiary/aromatic N) is 2. The number of amides is 1. The van der Waals surface area contributed by atoms with Crippen molar-refractivity contribution in [1.29, 1.82) is 0 Å². The lowest BCUT2D eigenvalue weighted by Gasteiger charge is -2.20. The summed E-state index contributed by atoms with van der Waals surface area (Å²) in [5, 5.41) is 4.07. The highest BCUT2D eigenvalue weighted by Gasteiger charge is 2.22. The first-order valence-electron chi connectivity index (χ1n) is 9.60. The van der Waals surface area contributed by atoms with E-state index in [1.54, 1.807) is 0 Å². The predicted octanol–water partition coefficient (Wildman–Crippen LogP) is 4.46. The fourth-order valence-electron chi connectivity index (χ4n) is 3.32. The molecule has 1 amide bonds. The number of H-pyrrole nitrogens is 1. The quantitative estimate of drug-likeness (QED) is 0.455. The number of carbonyl (C=O) groups excluding carboxylic acids is 1. The third-order valence-corrected chi connectivity index (χ3v) is 4.87. The molecular formula is C23H25N5O. The molecule has 0 aliphatic carbocycles. The highest BCUT2D eigenvalue weighted by molar-refractivity contribution is 5.95. The number of benzene rings is 2. The van der Waals surface area contributed by atoms with Gasteiger partial charge in [-0.2, -0.15) is 0 Å². The molecule has 0 fully saturated rings. The zero-order valence-electron chi connectivity index (χ0n) is 16.4. The van der Waals surface area contributed by atoms with Crippen molar-refractivity contribution < 1.29 is 6.22 Å². The van der Waals surface area contributed by atoms with Gasteiger partial charge in [-0.15, -0.1) is 0 Å². The number of anilines is 1. The van der Waals surface area contributed by atoms with Gasteiger partial charge in [0, 0.05) is 12.7 Å². The topological polar surface area (TPSA) is 96.7 Å². The molecule has 1 unspecified atom stereocenters. The van der Waals surface area contributed by atoms with Gasteiger partial charge >= 0.3 is 0 Å². The lowest BCUT2D eigenvalue weighted by atomic mass is 10.0. The van der Waals surface area contributed by atoms with E-state index in [1.807, 2.05) is 80.6 Å². The van der Waals surface area contributed by atoms with E-state index < -0.39 is 11.9 Å². The Morgan fingerprint density at radius 3 is 2.21 bits per heavy atom. The average molecular weight is 387 g/mol. The summed E-state index contributed by atoms with van der Waals surface area (Å²) in [5.41, 5.74) is 9.20. The van der Waals surface area contributed by atoms with Crippen molar-refractivity contribution in [3.8, 4) is 22.6 Å². The number of hydrogen-bond acceptors (Lipinski definition) is 4. The standard InChI is InChI=1S/C23H23N5O.H2/c1-14(2)19(20(24)29)26-23-17-13-18(15-9-5-3-6-10-15)25-22(17)27-21(28-23)16-11-7-4-8-12-16;/h3-14,19H,1-2H3,(H2,24,29)(H2,25,26,27,28);1H. The van der Waals surface area contributed by atoms with E-state index >= 15 is 0 Å². The molecule has 6 nitrogen and oxygen atoms in total. The van der Waals surface area contributed by atoms with Crippen LogP contribution in [0.25, 0.3) is 33.7 Å². The Kier molecular flexibility index (Phi) is 4.99. The average Bonchev–Trinajstić information content (AvgIpc) is 3.17. The number of carbonyl (C=O) groups is 1. The summed E-state index contributed by atoms with van der Waals surface area (Å²) in [7, 11) is 0. The maximum absolute atomic E-state index is 12.0. The summed E-state index contributed by atoms with van der Waals surface area (Å²) in [6.07, 6.45) is 0. The van der Waals surface area contributed by atoms with Gasteiger partial charge in [0.2, 0.25) is 5.91 Å². The minimum Gasteiger partial charge on any atom is -0.368 e. The summed E-state index contributed by atoms with van der Waals surface area (Å²) in [5.74, 6) is 0.774. The zero-order valence-corrected chi connectivity index (χ0v) is 16.4. The predicted molar refractivity (Wildman–Crippen MR) is 118 cm³/mol. The van der Waals surface area contributed by atoms with Crippen LogP contribution in [-0.4, -0.2) is 26.9 Å². The van der Waals surface area contributed by atoms with Crippen molar-refractivity contribution >= 4 is 22.8 Å². The molecule has 0 spiro atoms. The molecule has 0 bridgehead atoms. The van der Waals surface area contributed by atoms with Crippen LogP contribution < -0.4 is 11.1 Å². The first-order chi connectivity index (χ1) is 14.0. The van der Waals surface area contributed by atoms with Crippen molar-refractivity contribution in [2.24, 2.45) is 11.7 Å². The van der Waals surface area contributed by atoms with Gasteiger partial charge in [-0.25, -0.2) is 9.97 Å². The SMILES string of the molecule is CC(C)C(Nc1nc(-c2ccccc2)nc2[nH]c(-c3ccccc3)cc12)C(N)=O.[HH]. The number of nitrogens with two attached hydrogens (primary N) is 1. The van der Waals surface area contributed by atoms with Gasteiger partial charge in [-0.3, -0.25) is 4.79 Å². The van der Waals surface area contributed by atoms with Crippen LogP contribution >= 0.6 is 0 Å². The van der Waals surface area contributed by atoms with E-state index in [4.69, 9.17) is 15.7 Å². The molecule has 0 saturated carbocycles. The number of aromatic nitrogens is 3. The fraction of sp³-hybridized carbons (Fsp3) is 0.174. The van der Waals surface area contributed by atoms with Crippen molar-refractivity contribution in [2.75, 3.05) is 5.32 Å². The molecule has 0 radical (unpaired) electrons. The number of primary amides is 1. The minimum absolute atomic E-state index is 0. The van der Waals surface area contributed by atoms with Crippen LogP contribution in [0.5, 0.6) is 0 Å². The summed E-state index contributed by atoms with van der Waals surface area (Å²) in [6, 6.07) is 21.2. The molecule has 0 saturated heterocycles. The molecule has 0 aliphatic heterocycles. The molecule has 4 rings (SSSR count). The molecule has 4 N–H and O–H groups in total. The van der Waals surface area contributed by atoms with Gasteiger partial charge in [0.05, 0.1) is 5.39 Å². The Hall–Kier alpha value is -3.67. The molecule has 2 heterocycles. The van der Waals surface area contributed by atoms with Gasteiger partial charge in [0.25, 0.3) is 0 Å². The lowest BCUT2D eigenvalue weighted by molar-refractivity contribution is -0.119. The van der Waals surface area contributed by atoms with E-state index in [-0.39, 0.29) is 7.34 Å². The van der Waals surface area contributed by atoms with Crippen molar-refractivity contribution in [3.63, 3.8) is 0 Å². The van der Waals surface area contributed by atoms with Crippen LogP contribution in [0.3, 0.4) is 0 Å². The van der Waals surface area contributed by atoms with E-state index in [0.29, 0.717) is 17.3 Å². The van der Waals surface area contributed by atoms with Gasteiger partial charge in [0.1, 0.15) is 17.5 Å². The highest BCUT2D eigenvalue weighted by Crippen LogP contribution is 2.30. The smallest absolute Gasteiger partial charge is 0.240 e. The second-order valence-corrected chi connectivity index (χ2v) is 7.34. The highest BCUT2D eigenvalue weighted by atomic mass is 16.1. The number of aromatic amines is 1. The summed E-state index contributed by atoms with van der Waals surface area (Å²) < 4.78 is 0. The number of nitrogens with one attached hydrogen (secondary N) is 2. The lowest BCUT2D eigenvalue weighted by Crippen LogP contribution is -2.39. The van der Waals surface area contributed by atoms with Crippen LogP contribution in [0.4, 0.5) is 5.82 Å². The Balaban J connectivity index is 0.00000256. The van der Waals surface area contributed by atoms with Crippen LogP contribution in [0.2, 0.25) is 0 Å². The van der Waals surface area contributed by atoms with E-state index in [0.717, 1.165) is 22.2 Å². The third-order valence-electron chi connectivity index (χ3n) is 4.87. The van der Waals surface area contributed by atoms with Crippen molar-refractivity contribution in [3.05, 3.63) is 66.7 Å². The van der Waals surface area contributed by atoms with Gasteiger partial charge in [-0.05, 0) is 17.5 Å². The van der Waals surface area contributed by atoms with E-state index in [1.165, 1.54) is 0 Å². The van der Waals surface area contributed by atoms with E-state index in [9.17, 15) is 4.79 Å². The van der Waals surface area contributed by atoms with Crippen LogP contribution in [0, 0.1) is 5.92 Å².